The summed E-state index contributed by atoms with van der Waals surface area (Å²) in [7, 11) is 0. The van der Waals surface area contributed by atoms with Crippen LogP contribution in [0, 0.1) is 13.8 Å². The molecule has 2 aromatic carbocycles. The summed E-state index contributed by atoms with van der Waals surface area (Å²) < 4.78 is 0. The molecule has 0 atom stereocenters. The Bertz CT molecular complexity index is 954. The quantitative estimate of drug-likeness (QED) is 0.726. The standard InChI is InChI=1S/C23H24N4O/c1-16-13-17(2)15-20(14-16)24-23(28)19-7-5-18(6-8-19)21-9-10-22(26-25-21)27-11-3-4-12-27/h5-10,13-15H,3-4,11-12H2,1-2H3,(H,24,28). The first-order chi connectivity index (χ1) is 13.6. The maximum atomic E-state index is 12.5. The number of benzene rings is 2. The minimum absolute atomic E-state index is 0.119. The Hall–Kier alpha value is -3.21. The van der Waals surface area contributed by atoms with Crippen molar-refractivity contribution >= 4 is 17.4 Å². The molecule has 5 nitrogen and oxygen atoms in total. The summed E-state index contributed by atoms with van der Waals surface area (Å²) in [5, 5.41) is 11.7. The zero-order valence-corrected chi connectivity index (χ0v) is 16.3. The van der Waals surface area contributed by atoms with Gasteiger partial charge in [0.1, 0.15) is 0 Å². The number of rotatable bonds is 4. The molecule has 2 heterocycles. The molecule has 5 heteroatoms. The fourth-order valence-corrected chi connectivity index (χ4v) is 3.64. The van der Waals surface area contributed by atoms with E-state index in [2.05, 4.69) is 26.5 Å². The van der Waals surface area contributed by atoms with Crippen LogP contribution < -0.4 is 10.2 Å². The van der Waals surface area contributed by atoms with Gasteiger partial charge in [-0.1, -0.05) is 18.2 Å². The van der Waals surface area contributed by atoms with Gasteiger partial charge in [-0.15, -0.1) is 10.2 Å². The van der Waals surface area contributed by atoms with Crippen LogP contribution in [0.5, 0.6) is 0 Å². The number of carbonyl (C=O) groups excluding carboxylic acids is 1. The molecule has 1 N–H and O–H groups in total. The van der Waals surface area contributed by atoms with Crippen LogP contribution >= 0.6 is 0 Å². The lowest BCUT2D eigenvalue weighted by molar-refractivity contribution is 0.102. The van der Waals surface area contributed by atoms with Crippen LogP contribution in [0.3, 0.4) is 0 Å². The predicted molar refractivity (Wildman–Crippen MR) is 113 cm³/mol. The second kappa shape index (κ2) is 7.80. The van der Waals surface area contributed by atoms with Crippen molar-refractivity contribution in [1.82, 2.24) is 10.2 Å². The largest absolute Gasteiger partial charge is 0.355 e. The van der Waals surface area contributed by atoms with Crippen LogP contribution in [-0.4, -0.2) is 29.2 Å². The second-order valence-corrected chi connectivity index (χ2v) is 7.38. The number of anilines is 2. The molecule has 1 fully saturated rings. The smallest absolute Gasteiger partial charge is 0.255 e. The summed E-state index contributed by atoms with van der Waals surface area (Å²) in [6.07, 6.45) is 2.43. The van der Waals surface area contributed by atoms with Crippen molar-refractivity contribution in [3.8, 4) is 11.3 Å². The summed E-state index contributed by atoms with van der Waals surface area (Å²) in [5.41, 5.74) is 5.44. The highest BCUT2D eigenvalue weighted by Crippen LogP contribution is 2.22. The van der Waals surface area contributed by atoms with Crippen molar-refractivity contribution in [2.45, 2.75) is 26.7 Å². The van der Waals surface area contributed by atoms with Crippen LogP contribution in [-0.2, 0) is 0 Å². The molecule has 1 aliphatic heterocycles. The molecule has 0 unspecified atom stereocenters. The van der Waals surface area contributed by atoms with E-state index in [-0.39, 0.29) is 5.91 Å². The van der Waals surface area contributed by atoms with E-state index in [1.54, 1.807) is 0 Å². The number of aromatic nitrogens is 2. The Balaban J connectivity index is 1.46. The first-order valence-electron chi connectivity index (χ1n) is 9.67. The molecular weight excluding hydrogens is 348 g/mol. The van der Waals surface area contributed by atoms with Gasteiger partial charge < -0.3 is 10.2 Å². The van der Waals surface area contributed by atoms with Crippen molar-refractivity contribution in [3.05, 3.63) is 71.3 Å². The van der Waals surface area contributed by atoms with Gasteiger partial charge in [0, 0.05) is 29.9 Å². The lowest BCUT2D eigenvalue weighted by Crippen LogP contribution is -2.19. The molecule has 0 radical (unpaired) electrons. The molecule has 3 aromatic rings. The fraction of sp³-hybridized carbons (Fsp3) is 0.261. The predicted octanol–water partition coefficient (Wildman–Crippen LogP) is 4.61. The van der Waals surface area contributed by atoms with E-state index >= 15 is 0 Å². The van der Waals surface area contributed by atoms with Crippen molar-refractivity contribution in [1.29, 1.82) is 0 Å². The average molecular weight is 372 g/mol. The molecule has 28 heavy (non-hydrogen) atoms. The Labute approximate surface area is 165 Å². The van der Waals surface area contributed by atoms with Gasteiger partial charge in [-0.05, 0) is 74.2 Å². The number of amides is 1. The average Bonchev–Trinajstić information content (AvgIpc) is 3.22. The minimum atomic E-state index is -0.119. The van der Waals surface area contributed by atoms with Crippen LogP contribution in [0.2, 0.25) is 0 Å². The third-order valence-electron chi connectivity index (χ3n) is 5.00. The van der Waals surface area contributed by atoms with E-state index in [9.17, 15) is 4.79 Å². The third kappa shape index (κ3) is 4.03. The van der Waals surface area contributed by atoms with Crippen LogP contribution in [0.15, 0.2) is 54.6 Å². The van der Waals surface area contributed by atoms with Crippen molar-refractivity contribution < 1.29 is 4.79 Å². The molecule has 1 aromatic heterocycles. The number of nitrogens with one attached hydrogen (secondary N) is 1. The first-order valence-corrected chi connectivity index (χ1v) is 9.67. The van der Waals surface area contributed by atoms with Gasteiger partial charge in [0.25, 0.3) is 5.91 Å². The second-order valence-electron chi connectivity index (χ2n) is 7.38. The first kappa shape index (κ1) is 18.2. The molecule has 1 amide bonds. The number of hydrogen-bond acceptors (Lipinski definition) is 4. The minimum Gasteiger partial charge on any atom is -0.355 e. The highest BCUT2D eigenvalue weighted by Gasteiger charge is 2.14. The zero-order chi connectivity index (χ0) is 19.5. The number of aryl methyl sites for hydroxylation is 2. The Morgan fingerprint density at radius 3 is 2.18 bits per heavy atom. The fourth-order valence-electron chi connectivity index (χ4n) is 3.64. The molecule has 1 saturated heterocycles. The van der Waals surface area contributed by atoms with E-state index in [0.717, 1.165) is 47.0 Å². The van der Waals surface area contributed by atoms with Crippen molar-refractivity contribution in [2.24, 2.45) is 0 Å². The molecule has 1 aliphatic rings. The van der Waals surface area contributed by atoms with E-state index in [4.69, 9.17) is 0 Å². The van der Waals surface area contributed by atoms with Gasteiger partial charge in [-0.2, -0.15) is 0 Å². The van der Waals surface area contributed by atoms with E-state index in [0.29, 0.717) is 5.56 Å². The van der Waals surface area contributed by atoms with E-state index < -0.39 is 0 Å². The van der Waals surface area contributed by atoms with Gasteiger partial charge in [0.2, 0.25) is 0 Å². The summed E-state index contributed by atoms with van der Waals surface area (Å²) in [4.78, 5) is 14.8. The van der Waals surface area contributed by atoms with Crippen LogP contribution in [0.1, 0.15) is 34.3 Å². The summed E-state index contributed by atoms with van der Waals surface area (Å²) in [6.45, 7) is 6.15. The van der Waals surface area contributed by atoms with Crippen molar-refractivity contribution in [2.75, 3.05) is 23.3 Å². The Morgan fingerprint density at radius 1 is 0.893 bits per heavy atom. The highest BCUT2D eigenvalue weighted by atomic mass is 16.1. The number of hydrogen-bond donors (Lipinski definition) is 1. The third-order valence-corrected chi connectivity index (χ3v) is 5.00. The number of nitrogens with zero attached hydrogens (tertiary/aromatic N) is 3. The number of carbonyl (C=O) groups is 1. The lowest BCUT2D eigenvalue weighted by atomic mass is 10.1. The van der Waals surface area contributed by atoms with Crippen LogP contribution in [0.4, 0.5) is 11.5 Å². The van der Waals surface area contributed by atoms with Crippen LogP contribution in [0.25, 0.3) is 11.3 Å². The Kier molecular flexibility index (Phi) is 5.06. The molecule has 0 saturated carbocycles. The Morgan fingerprint density at radius 2 is 1.57 bits per heavy atom. The topological polar surface area (TPSA) is 58.1 Å². The summed E-state index contributed by atoms with van der Waals surface area (Å²) in [6, 6.07) is 17.5. The maximum Gasteiger partial charge on any atom is 0.255 e. The van der Waals surface area contributed by atoms with Gasteiger partial charge >= 0.3 is 0 Å². The highest BCUT2D eigenvalue weighted by molar-refractivity contribution is 6.04. The SMILES string of the molecule is Cc1cc(C)cc(NC(=O)c2ccc(-c3ccc(N4CCCC4)nn3)cc2)c1. The molecule has 0 aliphatic carbocycles. The van der Waals surface area contributed by atoms with Gasteiger partial charge in [0.15, 0.2) is 5.82 Å². The molecule has 0 bridgehead atoms. The van der Waals surface area contributed by atoms with Gasteiger partial charge in [-0.25, -0.2) is 0 Å². The maximum absolute atomic E-state index is 12.5. The molecule has 4 rings (SSSR count). The molecule has 142 valence electrons. The van der Waals surface area contributed by atoms with Gasteiger partial charge in [0.05, 0.1) is 5.69 Å². The van der Waals surface area contributed by atoms with E-state index in [1.165, 1.54) is 12.8 Å². The molecule has 0 spiro atoms. The summed E-state index contributed by atoms with van der Waals surface area (Å²) >= 11 is 0. The van der Waals surface area contributed by atoms with Gasteiger partial charge in [-0.3, -0.25) is 4.79 Å². The summed E-state index contributed by atoms with van der Waals surface area (Å²) in [5.74, 6) is 0.817. The monoisotopic (exact) mass is 372 g/mol. The zero-order valence-electron chi connectivity index (χ0n) is 16.3. The normalized spacial score (nSPS) is 13.6. The van der Waals surface area contributed by atoms with Crippen molar-refractivity contribution in [3.63, 3.8) is 0 Å². The van der Waals surface area contributed by atoms with E-state index in [1.807, 2.05) is 62.4 Å². The lowest BCUT2D eigenvalue weighted by Gasteiger charge is -2.15. The molecular formula is C23H24N4O.